The first kappa shape index (κ1) is 10.9. The van der Waals surface area contributed by atoms with Gasteiger partial charge in [0.15, 0.2) is 0 Å². The molecular formula is C8H15NO3. The van der Waals surface area contributed by atoms with E-state index in [2.05, 4.69) is 9.99 Å². The van der Waals surface area contributed by atoms with Gasteiger partial charge in [0.2, 0.25) is 0 Å². The Balaban J connectivity index is 3.31. The largest absolute Gasteiger partial charge is 0.466 e. The maximum absolute atomic E-state index is 10.3. The van der Waals surface area contributed by atoms with Gasteiger partial charge in [-0.2, -0.15) is 0 Å². The van der Waals surface area contributed by atoms with E-state index in [-0.39, 0.29) is 5.97 Å². The molecule has 0 heterocycles. The molecule has 0 aliphatic heterocycles. The van der Waals surface area contributed by atoms with Gasteiger partial charge in [0.05, 0.1) is 12.3 Å². The van der Waals surface area contributed by atoms with Gasteiger partial charge >= 0.3 is 5.97 Å². The predicted molar refractivity (Wildman–Crippen MR) is 46.0 cm³/mol. The molecule has 0 unspecified atom stereocenters. The fourth-order valence-corrected chi connectivity index (χ4v) is 0.745. The van der Waals surface area contributed by atoms with Crippen molar-refractivity contribution in [2.75, 3.05) is 13.7 Å². The second-order valence-corrected chi connectivity index (χ2v) is 2.45. The summed E-state index contributed by atoms with van der Waals surface area (Å²) in [7, 11) is 1.51. The molecule has 0 fully saturated rings. The van der Waals surface area contributed by atoms with Crippen molar-refractivity contribution in [1.29, 1.82) is 0 Å². The van der Waals surface area contributed by atoms with Crippen LogP contribution in [0.4, 0.5) is 0 Å². The molecule has 0 aliphatic carbocycles. The lowest BCUT2D eigenvalue weighted by Gasteiger charge is -2.00. The zero-order chi connectivity index (χ0) is 9.40. The summed E-state index contributed by atoms with van der Waals surface area (Å²) >= 11 is 0. The summed E-state index contributed by atoms with van der Waals surface area (Å²) in [5.41, 5.74) is 0.907. The molecule has 0 bridgehead atoms. The maximum atomic E-state index is 10.3. The van der Waals surface area contributed by atoms with E-state index in [9.17, 15) is 4.79 Å². The minimum absolute atomic E-state index is 0.240. The van der Waals surface area contributed by atoms with E-state index < -0.39 is 0 Å². The Hall–Kier alpha value is -1.06. The summed E-state index contributed by atoms with van der Waals surface area (Å²) in [6, 6.07) is 0. The SMILES string of the molecule is CO/N=C(/C)CCCOC(C)=O. The molecule has 0 aromatic carbocycles. The molecule has 70 valence electrons. The molecule has 0 atom stereocenters. The van der Waals surface area contributed by atoms with Crippen molar-refractivity contribution in [3.63, 3.8) is 0 Å². The van der Waals surface area contributed by atoms with Crippen LogP contribution in [0.25, 0.3) is 0 Å². The first-order valence-electron chi connectivity index (χ1n) is 3.86. The minimum Gasteiger partial charge on any atom is -0.466 e. The summed E-state index contributed by atoms with van der Waals surface area (Å²) < 4.78 is 4.74. The molecule has 0 saturated carbocycles. The van der Waals surface area contributed by atoms with Gasteiger partial charge in [-0.05, 0) is 19.8 Å². The van der Waals surface area contributed by atoms with Crippen LogP contribution in [0.1, 0.15) is 26.7 Å². The summed E-state index contributed by atoms with van der Waals surface area (Å²) in [4.78, 5) is 14.9. The number of hydrogen-bond acceptors (Lipinski definition) is 4. The van der Waals surface area contributed by atoms with Crippen LogP contribution in [-0.2, 0) is 14.4 Å². The number of esters is 1. The molecule has 0 saturated heterocycles. The second-order valence-electron chi connectivity index (χ2n) is 2.45. The quantitative estimate of drug-likeness (QED) is 0.273. The van der Waals surface area contributed by atoms with E-state index in [1.165, 1.54) is 14.0 Å². The third-order valence-electron chi connectivity index (χ3n) is 1.24. The lowest BCUT2D eigenvalue weighted by Crippen LogP contribution is -2.02. The number of hydrogen-bond donors (Lipinski definition) is 0. The highest BCUT2D eigenvalue weighted by molar-refractivity contribution is 5.81. The highest BCUT2D eigenvalue weighted by Crippen LogP contribution is 1.94. The third kappa shape index (κ3) is 7.05. The van der Waals surface area contributed by atoms with Crippen LogP contribution in [0.2, 0.25) is 0 Å². The average Bonchev–Trinajstić information content (AvgIpc) is 1.98. The summed E-state index contributed by atoms with van der Waals surface area (Å²) in [5, 5.41) is 3.72. The number of carbonyl (C=O) groups excluding carboxylic acids is 1. The molecule has 0 aromatic heterocycles. The van der Waals surface area contributed by atoms with E-state index in [0.29, 0.717) is 6.61 Å². The molecule has 0 N–H and O–H groups in total. The molecule has 0 spiro atoms. The van der Waals surface area contributed by atoms with Crippen molar-refractivity contribution in [2.45, 2.75) is 26.7 Å². The van der Waals surface area contributed by atoms with Crippen LogP contribution in [0.15, 0.2) is 5.16 Å². The number of rotatable bonds is 5. The lowest BCUT2D eigenvalue weighted by molar-refractivity contribution is -0.141. The summed E-state index contributed by atoms with van der Waals surface area (Å²) in [6.45, 7) is 3.72. The minimum atomic E-state index is -0.240. The second kappa shape index (κ2) is 6.64. The van der Waals surface area contributed by atoms with Gasteiger partial charge in [0.1, 0.15) is 7.11 Å². The van der Waals surface area contributed by atoms with Crippen LogP contribution < -0.4 is 0 Å². The number of nitrogens with zero attached hydrogens (tertiary/aromatic N) is 1. The Morgan fingerprint density at radius 3 is 2.58 bits per heavy atom. The summed E-state index contributed by atoms with van der Waals surface area (Å²) in [6.07, 6.45) is 1.58. The topological polar surface area (TPSA) is 47.9 Å². The smallest absolute Gasteiger partial charge is 0.302 e. The number of carbonyl (C=O) groups is 1. The zero-order valence-corrected chi connectivity index (χ0v) is 7.79. The van der Waals surface area contributed by atoms with Crippen molar-refractivity contribution in [3.05, 3.63) is 0 Å². The number of oxime groups is 1. The van der Waals surface area contributed by atoms with Crippen molar-refractivity contribution < 1.29 is 14.4 Å². The molecule has 0 radical (unpaired) electrons. The van der Waals surface area contributed by atoms with Gasteiger partial charge < -0.3 is 9.57 Å². The lowest BCUT2D eigenvalue weighted by atomic mass is 10.2. The van der Waals surface area contributed by atoms with Gasteiger partial charge in [0.25, 0.3) is 0 Å². The molecule has 4 heteroatoms. The Morgan fingerprint density at radius 2 is 2.08 bits per heavy atom. The molecule has 4 nitrogen and oxygen atoms in total. The number of ether oxygens (including phenoxy) is 1. The fourth-order valence-electron chi connectivity index (χ4n) is 0.745. The Labute approximate surface area is 72.5 Å². The molecule has 0 aromatic rings. The molecular weight excluding hydrogens is 158 g/mol. The Bertz CT molecular complexity index is 166. The van der Waals surface area contributed by atoms with E-state index >= 15 is 0 Å². The van der Waals surface area contributed by atoms with Crippen LogP contribution in [-0.4, -0.2) is 25.4 Å². The highest BCUT2D eigenvalue weighted by atomic mass is 16.6. The van der Waals surface area contributed by atoms with Crippen molar-refractivity contribution >= 4 is 11.7 Å². The van der Waals surface area contributed by atoms with Gasteiger partial charge in [-0.25, -0.2) is 0 Å². The summed E-state index contributed by atoms with van der Waals surface area (Å²) in [5.74, 6) is -0.240. The highest BCUT2D eigenvalue weighted by Gasteiger charge is 1.95. The molecule has 0 amide bonds. The average molecular weight is 173 g/mol. The van der Waals surface area contributed by atoms with E-state index in [1.54, 1.807) is 0 Å². The van der Waals surface area contributed by atoms with E-state index in [4.69, 9.17) is 4.74 Å². The standard InChI is InChI=1S/C8H15NO3/c1-7(9-11-3)5-4-6-12-8(2)10/h4-6H2,1-3H3/b9-7-. The van der Waals surface area contributed by atoms with Gasteiger partial charge in [-0.15, -0.1) is 0 Å². The molecule has 0 aliphatic rings. The maximum Gasteiger partial charge on any atom is 0.302 e. The fraction of sp³-hybridized carbons (Fsp3) is 0.750. The van der Waals surface area contributed by atoms with Gasteiger partial charge in [-0.3, -0.25) is 4.79 Å². The van der Waals surface area contributed by atoms with Crippen LogP contribution >= 0.6 is 0 Å². The van der Waals surface area contributed by atoms with Crippen LogP contribution in [0.3, 0.4) is 0 Å². The Kier molecular flexibility index (Phi) is 6.05. The third-order valence-corrected chi connectivity index (χ3v) is 1.24. The first-order chi connectivity index (χ1) is 5.66. The monoisotopic (exact) mass is 173 g/mol. The van der Waals surface area contributed by atoms with Crippen molar-refractivity contribution in [1.82, 2.24) is 0 Å². The Morgan fingerprint density at radius 1 is 1.42 bits per heavy atom. The van der Waals surface area contributed by atoms with Gasteiger partial charge in [0, 0.05) is 6.92 Å². The van der Waals surface area contributed by atoms with E-state index in [0.717, 1.165) is 18.6 Å². The van der Waals surface area contributed by atoms with Crippen LogP contribution in [0, 0.1) is 0 Å². The van der Waals surface area contributed by atoms with Crippen molar-refractivity contribution in [2.24, 2.45) is 5.16 Å². The molecule has 12 heavy (non-hydrogen) atoms. The molecule has 0 rings (SSSR count). The predicted octanol–water partition coefficient (Wildman–Crippen LogP) is 1.35. The first-order valence-corrected chi connectivity index (χ1v) is 3.86. The normalized spacial score (nSPS) is 11.1. The zero-order valence-electron chi connectivity index (χ0n) is 7.79. The van der Waals surface area contributed by atoms with Gasteiger partial charge in [-0.1, -0.05) is 5.16 Å². The van der Waals surface area contributed by atoms with Crippen molar-refractivity contribution in [3.8, 4) is 0 Å². The van der Waals surface area contributed by atoms with Crippen LogP contribution in [0.5, 0.6) is 0 Å². The van der Waals surface area contributed by atoms with E-state index in [1.807, 2.05) is 6.92 Å².